The Bertz CT molecular complexity index is 558. The SMILES string of the molecule is CC1CC(NS(=O)(=O)c2ccc(C(C)(C)C)s2)CCN1. The van der Waals surface area contributed by atoms with E-state index < -0.39 is 10.0 Å². The van der Waals surface area contributed by atoms with Crippen LogP contribution in [-0.2, 0) is 15.4 Å². The summed E-state index contributed by atoms with van der Waals surface area (Å²) in [4.78, 5) is 1.09. The largest absolute Gasteiger partial charge is 0.314 e. The number of sulfonamides is 1. The predicted octanol–water partition coefficient (Wildman–Crippen LogP) is 2.46. The van der Waals surface area contributed by atoms with Crippen LogP contribution < -0.4 is 10.0 Å². The summed E-state index contributed by atoms with van der Waals surface area (Å²) in [6.07, 6.45) is 1.69. The van der Waals surface area contributed by atoms with E-state index >= 15 is 0 Å². The van der Waals surface area contributed by atoms with Crippen molar-refractivity contribution in [1.29, 1.82) is 0 Å². The summed E-state index contributed by atoms with van der Waals surface area (Å²) < 4.78 is 28.1. The Morgan fingerprint density at radius 1 is 1.35 bits per heavy atom. The third kappa shape index (κ3) is 3.81. The second-order valence-corrected chi connectivity index (χ2v) is 9.59. The van der Waals surface area contributed by atoms with Crippen molar-refractivity contribution in [2.75, 3.05) is 6.54 Å². The summed E-state index contributed by atoms with van der Waals surface area (Å²) in [5, 5.41) is 3.33. The Hall–Kier alpha value is -0.430. The van der Waals surface area contributed by atoms with Crippen LogP contribution >= 0.6 is 11.3 Å². The molecule has 1 aliphatic rings. The monoisotopic (exact) mass is 316 g/mol. The Balaban J connectivity index is 2.12. The van der Waals surface area contributed by atoms with E-state index in [9.17, 15) is 8.42 Å². The average molecular weight is 316 g/mol. The van der Waals surface area contributed by atoms with Crippen molar-refractivity contribution in [3.05, 3.63) is 17.0 Å². The fourth-order valence-corrected chi connectivity index (χ4v) is 5.05. The normalized spacial score (nSPS) is 24.8. The van der Waals surface area contributed by atoms with E-state index in [1.807, 2.05) is 6.07 Å². The Morgan fingerprint density at radius 2 is 2.05 bits per heavy atom. The highest BCUT2D eigenvalue weighted by Crippen LogP contribution is 2.31. The van der Waals surface area contributed by atoms with Crippen LogP contribution in [0.15, 0.2) is 16.3 Å². The number of piperidine rings is 1. The van der Waals surface area contributed by atoms with Crippen LogP contribution in [-0.4, -0.2) is 27.0 Å². The van der Waals surface area contributed by atoms with E-state index in [1.165, 1.54) is 11.3 Å². The molecule has 1 saturated heterocycles. The second kappa shape index (κ2) is 5.75. The average Bonchev–Trinajstić information content (AvgIpc) is 2.77. The Labute approximate surface area is 126 Å². The molecule has 20 heavy (non-hydrogen) atoms. The lowest BCUT2D eigenvalue weighted by Crippen LogP contribution is -2.46. The van der Waals surface area contributed by atoms with Gasteiger partial charge >= 0.3 is 0 Å². The molecule has 2 unspecified atom stereocenters. The van der Waals surface area contributed by atoms with Crippen molar-refractivity contribution < 1.29 is 8.42 Å². The third-order valence-corrected chi connectivity index (χ3v) is 7.05. The van der Waals surface area contributed by atoms with E-state index in [-0.39, 0.29) is 11.5 Å². The molecule has 0 aliphatic carbocycles. The zero-order chi connectivity index (χ0) is 15.0. The van der Waals surface area contributed by atoms with Gasteiger partial charge in [-0.2, -0.15) is 0 Å². The molecule has 1 aliphatic heterocycles. The van der Waals surface area contributed by atoms with Crippen LogP contribution in [0.25, 0.3) is 0 Å². The van der Waals surface area contributed by atoms with Gasteiger partial charge in [-0.25, -0.2) is 13.1 Å². The van der Waals surface area contributed by atoms with Gasteiger partial charge in [0.1, 0.15) is 4.21 Å². The standard InChI is InChI=1S/C14H24N2O2S2/c1-10-9-11(7-8-15-10)16-20(17,18)13-6-5-12(19-13)14(2,3)4/h5-6,10-11,15-16H,7-9H2,1-4H3. The van der Waals surface area contributed by atoms with Gasteiger partial charge in [0, 0.05) is 17.0 Å². The molecule has 0 bridgehead atoms. The minimum Gasteiger partial charge on any atom is -0.314 e. The zero-order valence-electron chi connectivity index (χ0n) is 12.6. The molecule has 1 aromatic heterocycles. The lowest BCUT2D eigenvalue weighted by molar-refractivity contribution is 0.361. The maximum Gasteiger partial charge on any atom is 0.250 e. The minimum absolute atomic E-state index is 0.0122. The van der Waals surface area contributed by atoms with E-state index in [0.717, 1.165) is 24.3 Å². The maximum atomic E-state index is 12.4. The molecular formula is C14H24N2O2S2. The van der Waals surface area contributed by atoms with Crippen molar-refractivity contribution in [1.82, 2.24) is 10.0 Å². The highest BCUT2D eigenvalue weighted by Gasteiger charge is 2.26. The van der Waals surface area contributed by atoms with Crippen molar-refractivity contribution in [3.63, 3.8) is 0 Å². The van der Waals surface area contributed by atoms with Crippen LogP contribution in [0.5, 0.6) is 0 Å². The number of hydrogen-bond donors (Lipinski definition) is 2. The topological polar surface area (TPSA) is 58.2 Å². The molecule has 1 fully saturated rings. The first-order chi connectivity index (χ1) is 9.18. The van der Waals surface area contributed by atoms with E-state index in [2.05, 4.69) is 37.7 Å². The second-order valence-electron chi connectivity index (χ2n) is 6.57. The number of rotatable bonds is 3. The van der Waals surface area contributed by atoms with Gasteiger partial charge in [-0.1, -0.05) is 20.8 Å². The molecule has 6 heteroatoms. The van der Waals surface area contributed by atoms with Crippen LogP contribution in [0.3, 0.4) is 0 Å². The number of thiophene rings is 1. The van der Waals surface area contributed by atoms with E-state index in [1.54, 1.807) is 6.07 Å². The molecule has 2 atom stereocenters. The highest BCUT2D eigenvalue weighted by atomic mass is 32.2. The lowest BCUT2D eigenvalue weighted by Gasteiger charge is -2.28. The maximum absolute atomic E-state index is 12.4. The van der Waals surface area contributed by atoms with E-state index in [0.29, 0.717) is 10.3 Å². The van der Waals surface area contributed by atoms with Gasteiger partial charge in [0.25, 0.3) is 0 Å². The number of nitrogens with one attached hydrogen (secondary N) is 2. The van der Waals surface area contributed by atoms with Gasteiger partial charge in [0.05, 0.1) is 0 Å². The van der Waals surface area contributed by atoms with E-state index in [4.69, 9.17) is 0 Å². The zero-order valence-corrected chi connectivity index (χ0v) is 14.2. The van der Waals surface area contributed by atoms with Gasteiger partial charge in [0.15, 0.2) is 0 Å². The molecule has 1 aromatic rings. The molecule has 0 spiro atoms. The Kier molecular flexibility index (Phi) is 4.59. The first-order valence-electron chi connectivity index (χ1n) is 7.04. The van der Waals surface area contributed by atoms with Gasteiger partial charge in [-0.3, -0.25) is 0 Å². The highest BCUT2D eigenvalue weighted by molar-refractivity contribution is 7.91. The van der Waals surface area contributed by atoms with Crippen LogP contribution in [0.4, 0.5) is 0 Å². The molecule has 4 nitrogen and oxygen atoms in total. The van der Waals surface area contributed by atoms with Crippen molar-refractivity contribution >= 4 is 21.4 Å². The molecule has 0 saturated carbocycles. The van der Waals surface area contributed by atoms with Gasteiger partial charge < -0.3 is 5.32 Å². The van der Waals surface area contributed by atoms with Gasteiger partial charge in [0.2, 0.25) is 10.0 Å². The first kappa shape index (κ1) is 15.9. The third-order valence-electron chi connectivity index (χ3n) is 3.53. The summed E-state index contributed by atoms with van der Waals surface area (Å²) in [5.41, 5.74) is -0.0122. The first-order valence-corrected chi connectivity index (χ1v) is 9.34. The van der Waals surface area contributed by atoms with Crippen molar-refractivity contribution in [2.45, 2.75) is 62.2 Å². The summed E-state index contributed by atoms with van der Waals surface area (Å²) in [7, 11) is -3.38. The van der Waals surface area contributed by atoms with Crippen LogP contribution in [0.2, 0.25) is 0 Å². The molecule has 114 valence electrons. The molecule has 2 rings (SSSR count). The van der Waals surface area contributed by atoms with Gasteiger partial charge in [-0.05, 0) is 43.9 Å². The fraction of sp³-hybridized carbons (Fsp3) is 0.714. The minimum atomic E-state index is -3.38. The summed E-state index contributed by atoms with van der Waals surface area (Å²) in [5.74, 6) is 0. The molecule has 2 heterocycles. The fourth-order valence-electron chi connectivity index (χ4n) is 2.38. The molecular weight excluding hydrogens is 292 g/mol. The molecule has 0 radical (unpaired) electrons. The van der Waals surface area contributed by atoms with Crippen LogP contribution in [0, 0.1) is 0 Å². The smallest absolute Gasteiger partial charge is 0.250 e. The predicted molar refractivity (Wildman–Crippen MR) is 83.8 cm³/mol. The molecule has 2 N–H and O–H groups in total. The lowest BCUT2D eigenvalue weighted by atomic mass is 9.95. The Morgan fingerprint density at radius 3 is 2.60 bits per heavy atom. The van der Waals surface area contributed by atoms with Gasteiger partial charge in [-0.15, -0.1) is 11.3 Å². The quantitative estimate of drug-likeness (QED) is 0.900. The number of hydrogen-bond acceptors (Lipinski definition) is 4. The molecule has 0 aromatic carbocycles. The molecule has 0 amide bonds. The summed E-state index contributed by atoms with van der Waals surface area (Å²) >= 11 is 1.37. The van der Waals surface area contributed by atoms with Crippen molar-refractivity contribution in [3.8, 4) is 0 Å². The van der Waals surface area contributed by atoms with Crippen molar-refractivity contribution in [2.24, 2.45) is 0 Å². The summed E-state index contributed by atoms with van der Waals surface area (Å²) in [6, 6.07) is 4.05. The summed E-state index contributed by atoms with van der Waals surface area (Å²) in [6.45, 7) is 9.24. The van der Waals surface area contributed by atoms with Crippen LogP contribution in [0.1, 0.15) is 45.4 Å².